The lowest BCUT2D eigenvalue weighted by Gasteiger charge is -2.11. The topological polar surface area (TPSA) is 169 Å². The maximum absolute atomic E-state index is 11.4. The molecule has 144 valence electrons. The summed E-state index contributed by atoms with van der Waals surface area (Å²) in [6.45, 7) is -0.713. The zero-order valence-electron chi connectivity index (χ0n) is 16.5. The number of aromatic nitrogens is 3. The standard InChI is InChI=1S/C12H18N4O7P2S/c1-8-11(3-4-22-25(20,21)23-24(17,18)19)26-7-16(8)6-10-5-14-9(2)15-12(10)13/h5,7H,3-4,6H2,1-2H3,(H4-,13,14,15,17,18,19,20,21)/p+1/i2D3. The van der Waals surface area contributed by atoms with Gasteiger partial charge in [-0.1, -0.05) is 11.3 Å². The first-order valence-corrected chi connectivity index (χ1v) is 10.9. The Morgan fingerprint density at radius 3 is 2.77 bits per heavy atom. The molecule has 0 saturated heterocycles. The Bertz CT molecular complexity index is 981. The van der Waals surface area contributed by atoms with Crippen molar-refractivity contribution in [1.29, 1.82) is 0 Å². The Morgan fingerprint density at radius 2 is 2.15 bits per heavy atom. The second kappa shape index (κ2) is 8.20. The summed E-state index contributed by atoms with van der Waals surface area (Å²) >= 11 is 1.32. The molecular formula is C12H19N4O7P2S+. The number of nitrogen functional groups attached to an aromatic ring is 1. The number of hydrogen-bond donors (Lipinski definition) is 4. The van der Waals surface area contributed by atoms with Crippen LogP contribution in [-0.4, -0.2) is 31.3 Å². The van der Waals surface area contributed by atoms with Gasteiger partial charge in [-0.2, -0.15) is 8.88 Å². The Morgan fingerprint density at radius 1 is 1.42 bits per heavy atom. The molecule has 5 N–H and O–H groups in total. The highest BCUT2D eigenvalue weighted by atomic mass is 32.1. The molecule has 26 heavy (non-hydrogen) atoms. The molecule has 0 fully saturated rings. The van der Waals surface area contributed by atoms with E-state index in [-0.39, 0.29) is 31.2 Å². The molecule has 11 nitrogen and oxygen atoms in total. The summed E-state index contributed by atoms with van der Waals surface area (Å²) in [4.78, 5) is 34.8. The van der Waals surface area contributed by atoms with Gasteiger partial charge in [0.05, 0.1) is 17.0 Å². The van der Waals surface area contributed by atoms with Crippen LogP contribution in [0.25, 0.3) is 0 Å². The SMILES string of the molecule is [2H]C([2H])([2H])c1ncc(C[n+]2csc(CCOP(=O)(O)OP(=O)(O)O)c2C)c(N)n1. The average molecular weight is 428 g/mol. The van der Waals surface area contributed by atoms with E-state index in [1.165, 1.54) is 17.5 Å². The Labute approximate surface area is 157 Å². The van der Waals surface area contributed by atoms with Crippen molar-refractivity contribution in [2.24, 2.45) is 0 Å². The van der Waals surface area contributed by atoms with E-state index in [4.69, 9.17) is 19.6 Å². The molecule has 2 heterocycles. The van der Waals surface area contributed by atoms with Gasteiger partial charge in [0.2, 0.25) is 5.51 Å². The van der Waals surface area contributed by atoms with Crippen molar-refractivity contribution in [2.75, 3.05) is 12.3 Å². The van der Waals surface area contributed by atoms with Crippen LogP contribution in [0, 0.1) is 13.8 Å². The molecule has 0 amide bonds. The number of hydrogen-bond acceptors (Lipinski definition) is 8. The molecule has 2 aromatic rings. The molecule has 2 rings (SSSR count). The van der Waals surface area contributed by atoms with Gasteiger partial charge in [-0.15, -0.1) is 0 Å². The first-order valence-electron chi connectivity index (χ1n) is 8.50. The maximum Gasteiger partial charge on any atom is 0.481 e. The molecule has 2 aromatic heterocycles. The summed E-state index contributed by atoms with van der Waals surface area (Å²) in [5.41, 5.74) is 8.88. The third-order valence-corrected chi connectivity index (χ3v) is 6.52. The van der Waals surface area contributed by atoms with Crippen LogP contribution in [-0.2, 0) is 30.9 Å². The highest BCUT2D eigenvalue weighted by molar-refractivity contribution is 7.60. The number of nitrogens with two attached hydrogens (primary N) is 1. The number of anilines is 1. The highest BCUT2D eigenvalue weighted by Crippen LogP contribution is 2.57. The maximum atomic E-state index is 11.4. The monoisotopic (exact) mass is 428 g/mol. The van der Waals surface area contributed by atoms with Crippen LogP contribution in [0.5, 0.6) is 0 Å². The van der Waals surface area contributed by atoms with E-state index in [2.05, 4.69) is 18.8 Å². The van der Waals surface area contributed by atoms with Gasteiger partial charge < -0.3 is 20.4 Å². The minimum atomic E-state index is -5.16. The molecule has 1 unspecified atom stereocenters. The van der Waals surface area contributed by atoms with Crippen molar-refractivity contribution in [2.45, 2.75) is 26.7 Å². The molecule has 0 spiro atoms. The van der Waals surface area contributed by atoms with Crippen LogP contribution in [0.3, 0.4) is 0 Å². The quantitative estimate of drug-likeness (QED) is 0.349. The van der Waals surface area contributed by atoms with Crippen LogP contribution in [0.2, 0.25) is 0 Å². The van der Waals surface area contributed by atoms with Gasteiger partial charge in [0, 0.05) is 23.7 Å². The van der Waals surface area contributed by atoms with E-state index < -0.39 is 22.5 Å². The van der Waals surface area contributed by atoms with Gasteiger partial charge in [0.25, 0.3) is 0 Å². The summed E-state index contributed by atoms with van der Waals surface area (Å²) < 4.78 is 54.0. The van der Waals surface area contributed by atoms with E-state index >= 15 is 0 Å². The van der Waals surface area contributed by atoms with Crippen molar-refractivity contribution >= 4 is 32.8 Å². The smallest absolute Gasteiger partial charge is 0.383 e. The summed E-state index contributed by atoms with van der Waals surface area (Å²) in [5.74, 6) is -0.292. The van der Waals surface area contributed by atoms with E-state index in [0.717, 1.165) is 10.6 Å². The number of thiazole rings is 1. The lowest BCUT2D eigenvalue weighted by molar-refractivity contribution is -0.689. The number of rotatable bonds is 8. The van der Waals surface area contributed by atoms with Gasteiger partial charge >= 0.3 is 15.6 Å². The molecule has 1 atom stereocenters. The molecule has 0 aliphatic heterocycles. The Kier molecular flexibility index (Phi) is 5.33. The summed E-state index contributed by atoms with van der Waals surface area (Å²) in [6.07, 6.45) is 1.53. The Balaban J connectivity index is 2.03. The zero-order chi connectivity index (χ0) is 22.0. The summed E-state index contributed by atoms with van der Waals surface area (Å²) in [5, 5.41) is 0. The first kappa shape index (κ1) is 16.9. The molecular weight excluding hydrogens is 406 g/mol. The minimum absolute atomic E-state index is 0.0462. The normalized spacial score (nSPS) is 16.5. The lowest BCUT2D eigenvalue weighted by Crippen LogP contribution is -2.35. The fraction of sp³-hybridized carbons (Fsp3) is 0.417. The second-order valence-electron chi connectivity index (χ2n) is 5.09. The number of phosphoric acid groups is 2. The second-order valence-corrected chi connectivity index (χ2v) is 8.86. The van der Waals surface area contributed by atoms with Crippen molar-refractivity contribution in [3.05, 3.63) is 33.7 Å². The number of phosphoric ester groups is 1. The molecule has 0 bridgehead atoms. The van der Waals surface area contributed by atoms with E-state index in [0.29, 0.717) is 5.56 Å². The Hall–Kier alpha value is -1.23. The number of aryl methyl sites for hydroxylation is 1. The highest BCUT2D eigenvalue weighted by Gasteiger charge is 2.32. The van der Waals surface area contributed by atoms with Gasteiger partial charge in [0.15, 0.2) is 12.2 Å². The van der Waals surface area contributed by atoms with Gasteiger partial charge in [-0.05, 0) is 6.85 Å². The van der Waals surface area contributed by atoms with Crippen LogP contribution in [0.1, 0.15) is 26.1 Å². The summed E-state index contributed by atoms with van der Waals surface area (Å²) in [7, 11) is -10.0. The molecule has 0 aliphatic rings. The van der Waals surface area contributed by atoms with E-state index in [1.54, 1.807) is 17.0 Å². The van der Waals surface area contributed by atoms with Crippen molar-refractivity contribution in [1.82, 2.24) is 9.97 Å². The van der Waals surface area contributed by atoms with Crippen molar-refractivity contribution in [3.8, 4) is 0 Å². The van der Waals surface area contributed by atoms with Crippen LogP contribution < -0.4 is 10.3 Å². The molecule has 0 saturated carbocycles. The average Bonchev–Trinajstić information content (AvgIpc) is 2.86. The van der Waals surface area contributed by atoms with Gasteiger partial charge in [-0.25, -0.2) is 19.1 Å². The van der Waals surface area contributed by atoms with Crippen LogP contribution in [0.4, 0.5) is 5.82 Å². The minimum Gasteiger partial charge on any atom is -0.383 e. The van der Waals surface area contributed by atoms with Crippen molar-refractivity contribution in [3.63, 3.8) is 0 Å². The van der Waals surface area contributed by atoms with Crippen molar-refractivity contribution < 1.29 is 41.3 Å². The fourth-order valence-electron chi connectivity index (χ4n) is 1.98. The van der Waals surface area contributed by atoms with Crippen LogP contribution >= 0.6 is 27.0 Å². The molecule has 0 radical (unpaired) electrons. The molecule has 14 heteroatoms. The molecule has 0 aromatic carbocycles. The first-order chi connectivity index (χ1) is 13.2. The number of nitrogens with zero attached hydrogens (tertiary/aromatic N) is 3. The lowest BCUT2D eigenvalue weighted by atomic mass is 10.2. The predicted octanol–water partition coefficient (Wildman–Crippen LogP) is 0.842. The fourth-order valence-corrected chi connectivity index (χ4v) is 4.55. The third kappa shape index (κ3) is 6.19. The molecule has 0 aliphatic carbocycles. The van der Waals surface area contributed by atoms with Gasteiger partial charge in [0.1, 0.15) is 11.6 Å². The van der Waals surface area contributed by atoms with E-state index in [1.807, 2.05) is 0 Å². The van der Waals surface area contributed by atoms with E-state index in [9.17, 15) is 14.0 Å². The van der Waals surface area contributed by atoms with Gasteiger partial charge in [-0.3, -0.25) is 4.52 Å². The predicted molar refractivity (Wildman–Crippen MR) is 92.1 cm³/mol. The third-order valence-electron chi connectivity index (χ3n) is 3.19. The largest absolute Gasteiger partial charge is 0.481 e. The zero-order valence-corrected chi connectivity index (χ0v) is 16.1. The summed E-state index contributed by atoms with van der Waals surface area (Å²) in [6, 6.07) is 0. The van der Waals surface area contributed by atoms with Crippen LogP contribution in [0.15, 0.2) is 11.7 Å².